The molecule has 1 aliphatic rings. The highest BCUT2D eigenvalue weighted by molar-refractivity contribution is 6.04. The van der Waals surface area contributed by atoms with Gasteiger partial charge >= 0.3 is 5.97 Å². The minimum Gasteiger partial charge on any atom is -0.468 e. The number of hydrogen-bond donors (Lipinski definition) is 0. The summed E-state index contributed by atoms with van der Waals surface area (Å²) >= 11 is 0. The first-order chi connectivity index (χ1) is 11.3. The standard InChI is InChI=1S/C20H28O4/c1-12-9-13(2)18(14(3)10-12)17-8-7-16(23-5)11-20(17,15(4)21)19(22)24-6/h9-10,16-17H,7-8,11H2,1-6H3. The van der Waals surface area contributed by atoms with Crippen molar-refractivity contribution >= 4 is 11.8 Å². The minimum absolute atomic E-state index is 0.102. The Kier molecular flexibility index (Phi) is 5.49. The van der Waals surface area contributed by atoms with Gasteiger partial charge in [0, 0.05) is 13.0 Å². The first-order valence-corrected chi connectivity index (χ1v) is 8.47. The van der Waals surface area contributed by atoms with Crippen molar-refractivity contribution < 1.29 is 19.1 Å². The lowest BCUT2D eigenvalue weighted by Crippen LogP contribution is -2.50. The molecule has 1 aromatic rings. The predicted molar refractivity (Wildman–Crippen MR) is 93.2 cm³/mol. The zero-order chi connectivity index (χ0) is 18.1. The molecule has 132 valence electrons. The molecule has 0 N–H and O–H groups in total. The van der Waals surface area contributed by atoms with E-state index in [-0.39, 0.29) is 17.8 Å². The normalized spacial score (nSPS) is 26.9. The number of aryl methyl sites for hydroxylation is 3. The van der Waals surface area contributed by atoms with Crippen LogP contribution in [-0.2, 0) is 19.1 Å². The topological polar surface area (TPSA) is 52.6 Å². The van der Waals surface area contributed by atoms with E-state index in [1.165, 1.54) is 19.6 Å². The Morgan fingerprint density at radius 2 is 1.67 bits per heavy atom. The molecule has 0 bridgehead atoms. The van der Waals surface area contributed by atoms with Crippen LogP contribution in [0.3, 0.4) is 0 Å². The first-order valence-electron chi connectivity index (χ1n) is 8.47. The van der Waals surface area contributed by atoms with E-state index in [1.54, 1.807) is 7.11 Å². The van der Waals surface area contributed by atoms with Gasteiger partial charge in [0.15, 0.2) is 0 Å². The third kappa shape index (κ3) is 3.00. The molecule has 2 rings (SSSR count). The molecule has 0 saturated heterocycles. The van der Waals surface area contributed by atoms with Gasteiger partial charge in [0.05, 0.1) is 13.2 Å². The number of hydrogen-bond acceptors (Lipinski definition) is 4. The summed E-state index contributed by atoms with van der Waals surface area (Å²) in [7, 11) is 2.99. The van der Waals surface area contributed by atoms with Crippen molar-refractivity contribution in [1.29, 1.82) is 0 Å². The summed E-state index contributed by atoms with van der Waals surface area (Å²) < 4.78 is 10.6. The Bertz CT molecular complexity index is 626. The Labute approximate surface area is 144 Å². The number of esters is 1. The summed E-state index contributed by atoms with van der Waals surface area (Å²) in [6.45, 7) is 7.67. The molecule has 3 atom stereocenters. The van der Waals surface area contributed by atoms with Gasteiger partial charge in [-0.15, -0.1) is 0 Å². The monoisotopic (exact) mass is 332 g/mol. The van der Waals surface area contributed by atoms with Crippen LogP contribution in [0.15, 0.2) is 12.1 Å². The minimum atomic E-state index is -1.17. The molecular formula is C20H28O4. The van der Waals surface area contributed by atoms with Gasteiger partial charge in [-0.3, -0.25) is 9.59 Å². The fourth-order valence-corrected chi connectivity index (χ4v) is 4.48. The number of ether oxygens (including phenoxy) is 2. The van der Waals surface area contributed by atoms with E-state index >= 15 is 0 Å². The summed E-state index contributed by atoms with van der Waals surface area (Å²) in [6, 6.07) is 4.24. The highest BCUT2D eigenvalue weighted by Crippen LogP contribution is 2.51. The Morgan fingerprint density at radius 1 is 1.08 bits per heavy atom. The molecule has 0 aliphatic heterocycles. The molecule has 1 aliphatic carbocycles. The second-order valence-corrected chi connectivity index (χ2v) is 7.02. The van der Waals surface area contributed by atoms with Crippen LogP contribution in [0.25, 0.3) is 0 Å². The quantitative estimate of drug-likeness (QED) is 0.624. The number of methoxy groups -OCH3 is 2. The maximum atomic E-state index is 12.8. The first kappa shape index (κ1) is 18.7. The number of ketones is 1. The van der Waals surface area contributed by atoms with Crippen LogP contribution in [0.1, 0.15) is 54.4 Å². The molecule has 1 aromatic carbocycles. The average Bonchev–Trinajstić information content (AvgIpc) is 2.53. The molecule has 3 unspecified atom stereocenters. The maximum absolute atomic E-state index is 12.8. The van der Waals surface area contributed by atoms with Crippen LogP contribution in [0, 0.1) is 26.2 Å². The Morgan fingerprint density at radius 3 is 2.12 bits per heavy atom. The highest BCUT2D eigenvalue weighted by Gasteiger charge is 2.55. The van der Waals surface area contributed by atoms with Crippen molar-refractivity contribution in [2.75, 3.05) is 14.2 Å². The summed E-state index contributed by atoms with van der Waals surface area (Å²) in [5, 5.41) is 0. The molecular weight excluding hydrogens is 304 g/mol. The Hall–Kier alpha value is -1.68. The van der Waals surface area contributed by atoms with Gasteiger partial charge in [0.25, 0.3) is 0 Å². The molecule has 4 nitrogen and oxygen atoms in total. The summed E-state index contributed by atoms with van der Waals surface area (Å²) in [5.74, 6) is -0.754. The molecule has 0 heterocycles. The van der Waals surface area contributed by atoms with Gasteiger partial charge in [0.1, 0.15) is 11.2 Å². The largest absolute Gasteiger partial charge is 0.468 e. The SMILES string of the molecule is COC(=O)C1(C(C)=O)CC(OC)CCC1c1c(C)cc(C)cc1C. The third-order valence-electron chi connectivity index (χ3n) is 5.52. The van der Waals surface area contributed by atoms with Crippen LogP contribution >= 0.6 is 0 Å². The van der Waals surface area contributed by atoms with Crippen molar-refractivity contribution in [1.82, 2.24) is 0 Å². The van der Waals surface area contributed by atoms with Gasteiger partial charge in [-0.05, 0) is 63.6 Å². The Balaban J connectivity index is 2.65. The second kappa shape index (κ2) is 7.06. The van der Waals surface area contributed by atoms with Gasteiger partial charge in [-0.1, -0.05) is 17.7 Å². The van der Waals surface area contributed by atoms with E-state index in [2.05, 4.69) is 32.9 Å². The van der Waals surface area contributed by atoms with Crippen molar-refractivity contribution in [2.24, 2.45) is 5.41 Å². The number of benzene rings is 1. The zero-order valence-electron chi connectivity index (χ0n) is 15.6. The summed E-state index contributed by atoms with van der Waals surface area (Å²) in [6.07, 6.45) is 1.84. The van der Waals surface area contributed by atoms with E-state index in [1.807, 2.05) is 0 Å². The van der Waals surface area contributed by atoms with Gasteiger partial charge in [0.2, 0.25) is 0 Å². The third-order valence-corrected chi connectivity index (χ3v) is 5.52. The van der Waals surface area contributed by atoms with E-state index < -0.39 is 11.4 Å². The van der Waals surface area contributed by atoms with Crippen LogP contribution in [0.5, 0.6) is 0 Å². The van der Waals surface area contributed by atoms with Gasteiger partial charge in [-0.25, -0.2) is 0 Å². The maximum Gasteiger partial charge on any atom is 0.320 e. The summed E-state index contributed by atoms with van der Waals surface area (Å²) in [5.41, 5.74) is 3.38. The summed E-state index contributed by atoms with van der Waals surface area (Å²) in [4.78, 5) is 25.5. The number of carbonyl (C=O) groups excluding carboxylic acids is 2. The van der Waals surface area contributed by atoms with E-state index in [4.69, 9.17) is 9.47 Å². The molecule has 1 fully saturated rings. The lowest BCUT2D eigenvalue weighted by molar-refractivity contribution is -0.165. The van der Waals surface area contributed by atoms with E-state index in [0.29, 0.717) is 6.42 Å². The average molecular weight is 332 g/mol. The van der Waals surface area contributed by atoms with Crippen molar-refractivity contribution in [3.05, 3.63) is 34.4 Å². The van der Waals surface area contributed by atoms with Crippen molar-refractivity contribution in [3.63, 3.8) is 0 Å². The number of Topliss-reactive ketones (excluding diaryl/α,β-unsaturated/α-hetero) is 1. The lowest BCUT2D eigenvalue weighted by atomic mass is 9.59. The molecule has 24 heavy (non-hydrogen) atoms. The molecule has 1 saturated carbocycles. The molecule has 4 heteroatoms. The van der Waals surface area contributed by atoms with Crippen LogP contribution in [0.2, 0.25) is 0 Å². The molecule has 0 radical (unpaired) electrons. The van der Waals surface area contributed by atoms with Crippen LogP contribution in [0.4, 0.5) is 0 Å². The van der Waals surface area contributed by atoms with E-state index in [0.717, 1.165) is 29.5 Å². The fourth-order valence-electron chi connectivity index (χ4n) is 4.48. The number of carbonyl (C=O) groups is 2. The molecule has 0 spiro atoms. The van der Waals surface area contributed by atoms with Crippen molar-refractivity contribution in [2.45, 2.75) is 59.0 Å². The van der Waals surface area contributed by atoms with Crippen LogP contribution < -0.4 is 0 Å². The van der Waals surface area contributed by atoms with Crippen LogP contribution in [-0.4, -0.2) is 32.1 Å². The molecule has 0 amide bonds. The highest BCUT2D eigenvalue weighted by atomic mass is 16.5. The van der Waals surface area contributed by atoms with Gasteiger partial charge < -0.3 is 9.47 Å². The second-order valence-electron chi connectivity index (χ2n) is 7.02. The van der Waals surface area contributed by atoms with Crippen molar-refractivity contribution in [3.8, 4) is 0 Å². The fraction of sp³-hybridized carbons (Fsp3) is 0.600. The predicted octanol–water partition coefficient (Wildman–Crippen LogP) is 3.64. The van der Waals surface area contributed by atoms with Gasteiger partial charge in [-0.2, -0.15) is 0 Å². The lowest BCUT2D eigenvalue weighted by Gasteiger charge is -2.44. The number of rotatable bonds is 4. The molecule has 0 aromatic heterocycles. The smallest absolute Gasteiger partial charge is 0.320 e. The zero-order valence-corrected chi connectivity index (χ0v) is 15.6. The van der Waals surface area contributed by atoms with E-state index in [9.17, 15) is 9.59 Å².